The van der Waals surface area contributed by atoms with Crippen molar-refractivity contribution in [1.29, 1.82) is 0 Å². The SMILES string of the molecule is Cc1ccc(Br)c(S(=O)(=O)NCCCC(=O)O)c1. The van der Waals surface area contributed by atoms with Gasteiger partial charge in [0.15, 0.2) is 0 Å². The molecule has 7 heteroatoms. The highest BCUT2D eigenvalue weighted by molar-refractivity contribution is 9.10. The van der Waals surface area contributed by atoms with E-state index in [4.69, 9.17) is 5.11 Å². The second-order valence-corrected chi connectivity index (χ2v) is 6.42. The van der Waals surface area contributed by atoms with Gasteiger partial charge in [0.05, 0.1) is 4.90 Å². The van der Waals surface area contributed by atoms with Gasteiger partial charge in [-0.05, 0) is 47.0 Å². The number of hydrogen-bond acceptors (Lipinski definition) is 3. The number of carbonyl (C=O) groups is 1. The van der Waals surface area contributed by atoms with Crippen LogP contribution < -0.4 is 4.72 Å². The van der Waals surface area contributed by atoms with Crippen LogP contribution in [0.5, 0.6) is 0 Å². The Morgan fingerprint density at radius 1 is 1.44 bits per heavy atom. The highest BCUT2D eigenvalue weighted by Crippen LogP contribution is 2.22. The largest absolute Gasteiger partial charge is 0.481 e. The summed E-state index contributed by atoms with van der Waals surface area (Å²) < 4.78 is 26.8. The molecule has 2 N–H and O–H groups in total. The number of sulfonamides is 1. The maximum Gasteiger partial charge on any atom is 0.303 e. The molecule has 0 aliphatic heterocycles. The molecule has 0 fully saturated rings. The molecule has 0 spiro atoms. The summed E-state index contributed by atoms with van der Waals surface area (Å²) in [5.41, 5.74) is 0.837. The van der Waals surface area contributed by atoms with Crippen LogP contribution in [0.2, 0.25) is 0 Å². The van der Waals surface area contributed by atoms with E-state index in [9.17, 15) is 13.2 Å². The number of rotatable bonds is 6. The summed E-state index contributed by atoms with van der Waals surface area (Å²) in [4.78, 5) is 10.5. The van der Waals surface area contributed by atoms with E-state index in [1.165, 1.54) is 0 Å². The number of halogens is 1. The van der Waals surface area contributed by atoms with Crippen molar-refractivity contribution in [2.45, 2.75) is 24.7 Å². The summed E-state index contributed by atoms with van der Waals surface area (Å²) >= 11 is 3.19. The quantitative estimate of drug-likeness (QED) is 0.777. The molecule has 1 rings (SSSR count). The monoisotopic (exact) mass is 335 g/mol. The smallest absolute Gasteiger partial charge is 0.303 e. The molecular formula is C11H14BrNO4S. The molecule has 0 atom stereocenters. The van der Waals surface area contributed by atoms with E-state index in [0.717, 1.165) is 5.56 Å². The first-order valence-corrected chi connectivity index (χ1v) is 7.58. The molecular weight excluding hydrogens is 322 g/mol. The van der Waals surface area contributed by atoms with Crippen molar-refractivity contribution in [2.75, 3.05) is 6.54 Å². The fourth-order valence-corrected chi connectivity index (χ4v) is 3.46. The van der Waals surface area contributed by atoms with E-state index < -0.39 is 16.0 Å². The van der Waals surface area contributed by atoms with Crippen LogP contribution in [0.1, 0.15) is 18.4 Å². The minimum absolute atomic E-state index is 0.0580. The van der Waals surface area contributed by atoms with Gasteiger partial charge in [-0.3, -0.25) is 4.79 Å². The predicted octanol–water partition coefficient (Wildman–Crippen LogP) is 1.90. The molecule has 18 heavy (non-hydrogen) atoms. The molecule has 5 nitrogen and oxygen atoms in total. The molecule has 1 aromatic carbocycles. The minimum Gasteiger partial charge on any atom is -0.481 e. The summed E-state index contributed by atoms with van der Waals surface area (Å²) in [6, 6.07) is 5.03. The lowest BCUT2D eigenvalue weighted by atomic mass is 10.2. The van der Waals surface area contributed by atoms with Gasteiger partial charge >= 0.3 is 5.97 Å². The number of carboxylic acid groups (broad SMARTS) is 1. The number of aryl methyl sites for hydroxylation is 1. The topological polar surface area (TPSA) is 83.5 Å². The van der Waals surface area contributed by atoms with Crippen LogP contribution in [0.3, 0.4) is 0 Å². The first kappa shape index (κ1) is 15.1. The van der Waals surface area contributed by atoms with Crippen LogP contribution in [0.25, 0.3) is 0 Å². The Morgan fingerprint density at radius 2 is 2.11 bits per heavy atom. The third-order valence-corrected chi connectivity index (χ3v) is 4.69. The summed E-state index contributed by atoms with van der Waals surface area (Å²) in [6.07, 6.45) is 0.204. The maximum atomic E-state index is 12.0. The van der Waals surface area contributed by atoms with Gasteiger partial charge in [0.2, 0.25) is 10.0 Å². The van der Waals surface area contributed by atoms with Gasteiger partial charge < -0.3 is 5.11 Å². The van der Waals surface area contributed by atoms with Crippen LogP contribution in [-0.4, -0.2) is 26.0 Å². The van der Waals surface area contributed by atoms with Crippen LogP contribution in [0.15, 0.2) is 27.6 Å². The van der Waals surface area contributed by atoms with Gasteiger partial charge in [0.1, 0.15) is 0 Å². The van der Waals surface area contributed by atoms with E-state index in [2.05, 4.69) is 20.7 Å². The van der Waals surface area contributed by atoms with Gasteiger partial charge in [0, 0.05) is 17.4 Å². The number of benzene rings is 1. The lowest BCUT2D eigenvalue weighted by molar-refractivity contribution is -0.137. The van der Waals surface area contributed by atoms with Gasteiger partial charge in [-0.15, -0.1) is 0 Å². The second kappa shape index (κ2) is 6.31. The van der Waals surface area contributed by atoms with Gasteiger partial charge in [0.25, 0.3) is 0 Å². The Labute approximate surface area is 114 Å². The summed E-state index contributed by atoms with van der Waals surface area (Å²) in [5.74, 6) is -0.939. The first-order valence-electron chi connectivity index (χ1n) is 5.30. The van der Waals surface area contributed by atoms with E-state index >= 15 is 0 Å². The van der Waals surface area contributed by atoms with Crippen molar-refractivity contribution in [3.63, 3.8) is 0 Å². The van der Waals surface area contributed by atoms with Crippen molar-refractivity contribution in [3.05, 3.63) is 28.2 Å². The molecule has 0 aliphatic carbocycles. The zero-order chi connectivity index (χ0) is 13.8. The Bertz CT molecular complexity index is 542. The Hall–Kier alpha value is -0.920. The molecule has 0 saturated heterocycles. The maximum absolute atomic E-state index is 12.0. The number of carboxylic acids is 1. The van der Waals surface area contributed by atoms with Gasteiger partial charge in [-0.2, -0.15) is 0 Å². The fourth-order valence-electron chi connectivity index (χ4n) is 1.34. The molecule has 0 aromatic heterocycles. The molecule has 0 radical (unpaired) electrons. The van der Waals surface area contributed by atoms with Crippen LogP contribution in [0.4, 0.5) is 0 Å². The highest BCUT2D eigenvalue weighted by atomic mass is 79.9. The Morgan fingerprint density at radius 3 is 2.72 bits per heavy atom. The zero-order valence-electron chi connectivity index (χ0n) is 9.81. The average molecular weight is 336 g/mol. The molecule has 0 amide bonds. The summed E-state index contributed by atoms with van der Waals surface area (Å²) in [6.45, 7) is 1.91. The fraction of sp³-hybridized carbons (Fsp3) is 0.364. The molecule has 0 saturated carbocycles. The highest BCUT2D eigenvalue weighted by Gasteiger charge is 2.17. The minimum atomic E-state index is -3.60. The van der Waals surface area contributed by atoms with Gasteiger partial charge in [-0.25, -0.2) is 13.1 Å². The Kier molecular flexibility index (Phi) is 5.30. The second-order valence-electron chi connectivity index (χ2n) is 3.83. The molecule has 0 heterocycles. The predicted molar refractivity (Wildman–Crippen MR) is 70.9 cm³/mol. The van der Waals surface area contributed by atoms with Crippen LogP contribution >= 0.6 is 15.9 Å². The summed E-state index contributed by atoms with van der Waals surface area (Å²) in [7, 11) is -3.60. The van der Waals surface area contributed by atoms with Gasteiger partial charge in [-0.1, -0.05) is 6.07 Å². The lowest BCUT2D eigenvalue weighted by Gasteiger charge is -2.08. The number of nitrogens with one attached hydrogen (secondary N) is 1. The average Bonchev–Trinajstić information content (AvgIpc) is 2.27. The third-order valence-electron chi connectivity index (χ3n) is 2.24. The van der Waals surface area contributed by atoms with Crippen molar-refractivity contribution >= 4 is 31.9 Å². The zero-order valence-corrected chi connectivity index (χ0v) is 12.2. The molecule has 0 bridgehead atoms. The van der Waals surface area contributed by atoms with E-state index in [0.29, 0.717) is 4.47 Å². The van der Waals surface area contributed by atoms with Crippen LogP contribution in [-0.2, 0) is 14.8 Å². The van der Waals surface area contributed by atoms with E-state index in [-0.39, 0.29) is 24.3 Å². The van der Waals surface area contributed by atoms with Crippen molar-refractivity contribution in [3.8, 4) is 0 Å². The molecule has 1 aromatic rings. The number of hydrogen-bond donors (Lipinski definition) is 2. The number of aliphatic carboxylic acids is 1. The molecule has 0 unspecified atom stereocenters. The molecule has 100 valence electrons. The first-order chi connectivity index (χ1) is 8.33. The lowest BCUT2D eigenvalue weighted by Crippen LogP contribution is -2.25. The summed E-state index contributed by atoms with van der Waals surface area (Å²) in [5, 5.41) is 8.46. The van der Waals surface area contributed by atoms with E-state index in [1.807, 2.05) is 0 Å². The van der Waals surface area contributed by atoms with E-state index in [1.54, 1.807) is 25.1 Å². The van der Waals surface area contributed by atoms with Crippen molar-refractivity contribution in [1.82, 2.24) is 4.72 Å². The molecule has 0 aliphatic rings. The van der Waals surface area contributed by atoms with Crippen molar-refractivity contribution < 1.29 is 18.3 Å². The van der Waals surface area contributed by atoms with Crippen LogP contribution in [0, 0.1) is 6.92 Å². The standard InChI is InChI=1S/C11H14BrNO4S/c1-8-4-5-9(12)10(7-8)18(16,17)13-6-2-3-11(14)15/h4-5,7,13H,2-3,6H2,1H3,(H,14,15). The Balaban J connectivity index is 2.74. The van der Waals surface area contributed by atoms with Crippen molar-refractivity contribution in [2.24, 2.45) is 0 Å². The third kappa shape index (κ3) is 4.40. The normalized spacial score (nSPS) is 11.4.